The van der Waals surface area contributed by atoms with Crippen LogP contribution in [0, 0.1) is 0 Å². The van der Waals surface area contributed by atoms with Gasteiger partial charge in [0.15, 0.2) is 5.69 Å². The van der Waals surface area contributed by atoms with Gasteiger partial charge in [-0.1, -0.05) is 6.92 Å². The number of nitrogens with one attached hydrogen (secondary N) is 2. The number of carbonyl (C=O) groups is 1. The summed E-state index contributed by atoms with van der Waals surface area (Å²) in [4.78, 5) is 26.8. The Bertz CT molecular complexity index is 998. The lowest BCUT2D eigenvalue weighted by atomic mass is 10.1. The van der Waals surface area contributed by atoms with Crippen LogP contribution < -0.4 is 15.6 Å². The number of nitrogens with zero attached hydrogens (tertiary/aromatic N) is 2. The highest BCUT2D eigenvalue weighted by Crippen LogP contribution is 2.18. The van der Waals surface area contributed by atoms with Crippen LogP contribution in [0.4, 0.5) is 11.6 Å². The number of hydrogen-bond donors (Lipinski definition) is 2. The van der Waals surface area contributed by atoms with Crippen LogP contribution in [-0.4, -0.2) is 34.9 Å². The van der Waals surface area contributed by atoms with Gasteiger partial charge in [0.1, 0.15) is 5.75 Å². The highest BCUT2D eigenvalue weighted by Gasteiger charge is 2.09. The molecule has 8 heteroatoms. The largest absolute Gasteiger partial charge is 0.497 e. The number of rotatable bonds is 7. The Labute approximate surface area is 161 Å². The second kappa shape index (κ2) is 8.81. The van der Waals surface area contributed by atoms with Crippen LogP contribution in [-0.2, 0) is 4.74 Å². The van der Waals surface area contributed by atoms with Crippen molar-refractivity contribution < 1.29 is 14.3 Å². The molecule has 0 saturated heterocycles. The summed E-state index contributed by atoms with van der Waals surface area (Å²) in [6, 6.07) is 13.6. The zero-order chi connectivity index (χ0) is 19.9. The van der Waals surface area contributed by atoms with Crippen LogP contribution in [0.2, 0.25) is 0 Å². The predicted octanol–water partition coefficient (Wildman–Crippen LogP) is 3.15. The minimum absolute atomic E-state index is 0.198. The summed E-state index contributed by atoms with van der Waals surface area (Å²) in [5.41, 5.74) is 1.57. The zero-order valence-corrected chi connectivity index (χ0v) is 15.6. The lowest BCUT2D eigenvalue weighted by Crippen LogP contribution is -2.15. The maximum atomic E-state index is 12.3. The van der Waals surface area contributed by atoms with Gasteiger partial charge in [0.2, 0.25) is 5.95 Å². The standard InChI is InChI=1S/C20H20N4O4/c1-3-12-28-19(26)14-4-8-15(9-5-14)21-20-22-18(25)17(23-24-20)13-6-10-16(27-2)11-7-13/h4-11H,3,12H2,1-2H3,(H2,21,22,24,25). The first-order valence-corrected chi connectivity index (χ1v) is 8.76. The molecule has 1 heterocycles. The van der Waals surface area contributed by atoms with E-state index in [4.69, 9.17) is 9.47 Å². The summed E-state index contributed by atoms with van der Waals surface area (Å²) in [6.07, 6.45) is 0.768. The molecule has 0 aliphatic rings. The van der Waals surface area contributed by atoms with E-state index in [0.29, 0.717) is 29.2 Å². The Hall–Kier alpha value is -3.68. The van der Waals surface area contributed by atoms with E-state index >= 15 is 0 Å². The summed E-state index contributed by atoms with van der Waals surface area (Å²) in [5, 5.41) is 11.0. The monoisotopic (exact) mass is 380 g/mol. The van der Waals surface area contributed by atoms with Crippen LogP contribution in [0.25, 0.3) is 11.3 Å². The number of anilines is 2. The van der Waals surface area contributed by atoms with Gasteiger partial charge < -0.3 is 14.8 Å². The fourth-order valence-corrected chi connectivity index (χ4v) is 2.44. The molecule has 0 unspecified atom stereocenters. The molecule has 0 aliphatic heterocycles. The highest BCUT2D eigenvalue weighted by atomic mass is 16.5. The maximum absolute atomic E-state index is 12.3. The number of aromatic nitrogens is 3. The molecule has 0 radical (unpaired) electrons. The van der Waals surface area contributed by atoms with Crippen molar-refractivity contribution in [2.75, 3.05) is 19.0 Å². The SMILES string of the molecule is CCCOC(=O)c1ccc(Nc2nnc(-c3ccc(OC)cc3)c(=O)[nH]2)cc1. The fraction of sp³-hybridized carbons (Fsp3) is 0.200. The van der Waals surface area contributed by atoms with Gasteiger partial charge in [0.25, 0.3) is 5.56 Å². The topological polar surface area (TPSA) is 106 Å². The Morgan fingerprint density at radius 2 is 1.79 bits per heavy atom. The smallest absolute Gasteiger partial charge is 0.338 e. The summed E-state index contributed by atoms with van der Waals surface area (Å²) in [7, 11) is 1.57. The molecule has 8 nitrogen and oxygen atoms in total. The molecule has 28 heavy (non-hydrogen) atoms. The van der Waals surface area contributed by atoms with Crippen molar-refractivity contribution in [1.29, 1.82) is 0 Å². The first-order valence-electron chi connectivity index (χ1n) is 8.76. The minimum Gasteiger partial charge on any atom is -0.497 e. The van der Waals surface area contributed by atoms with E-state index in [2.05, 4.69) is 20.5 Å². The van der Waals surface area contributed by atoms with Crippen molar-refractivity contribution in [3.8, 4) is 17.0 Å². The second-order valence-electron chi connectivity index (χ2n) is 5.92. The molecule has 0 amide bonds. The molecule has 0 aliphatic carbocycles. The van der Waals surface area contributed by atoms with Crippen molar-refractivity contribution in [2.45, 2.75) is 13.3 Å². The number of methoxy groups -OCH3 is 1. The van der Waals surface area contributed by atoms with Gasteiger partial charge >= 0.3 is 5.97 Å². The Morgan fingerprint density at radius 1 is 1.07 bits per heavy atom. The third-order valence-corrected chi connectivity index (χ3v) is 3.88. The predicted molar refractivity (Wildman–Crippen MR) is 105 cm³/mol. The molecule has 1 aromatic heterocycles. The van der Waals surface area contributed by atoms with E-state index in [9.17, 15) is 9.59 Å². The molecule has 144 valence electrons. The van der Waals surface area contributed by atoms with Gasteiger partial charge in [-0.05, 0) is 55.0 Å². The molecule has 0 atom stereocenters. The summed E-state index contributed by atoms with van der Waals surface area (Å²) in [5.74, 6) is 0.516. The van der Waals surface area contributed by atoms with Crippen LogP contribution in [0.15, 0.2) is 53.3 Å². The fourth-order valence-electron chi connectivity index (χ4n) is 2.44. The summed E-state index contributed by atoms with van der Waals surface area (Å²) < 4.78 is 10.2. The van der Waals surface area contributed by atoms with E-state index in [1.165, 1.54) is 0 Å². The minimum atomic E-state index is -0.373. The lowest BCUT2D eigenvalue weighted by Gasteiger charge is -2.07. The van der Waals surface area contributed by atoms with Crippen molar-refractivity contribution in [2.24, 2.45) is 0 Å². The molecular weight excluding hydrogens is 360 g/mol. The van der Waals surface area contributed by atoms with Crippen LogP contribution in [0.3, 0.4) is 0 Å². The quantitative estimate of drug-likeness (QED) is 0.606. The number of aromatic amines is 1. The lowest BCUT2D eigenvalue weighted by molar-refractivity contribution is 0.0505. The number of esters is 1. The van der Waals surface area contributed by atoms with Crippen LogP contribution in [0.1, 0.15) is 23.7 Å². The molecule has 2 N–H and O–H groups in total. The third kappa shape index (κ3) is 4.53. The van der Waals surface area contributed by atoms with E-state index in [0.717, 1.165) is 6.42 Å². The van der Waals surface area contributed by atoms with Crippen molar-refractivity contribution in [3.63, 3.8) is 0 Å². The molecule has 3 aromatic rings. The number of benzene rings is 2. The number of hydrogen-bond acceptors (Lipinski definition) is 7. The molecule has 2 aromatic carbocycles. The van der Waals surface area contributed by atoms with Gasteiger partial charge in [-0.25, -0.2) is 4.79 Å². The van der Waals surface area contributed by atoms with Crippen molar-refractivity contribution in [1.82, 2.24) is 15.2 Å². The van der Waals surface area contributed by atoms with Gasteiger partial charge in [-0.3, -0.25) is 9.78 Å². The van der Waals surface area contributed by atoms with Crippen molar-refractivity contribution >= 4 is 17.6 Å². The number of ether oxygens (including phenoxy) is 2. The average Bonchev–Trinajstić information content (AvgIpc) is 2.73. The molecule has 0 bridgehead atoms. The van der Waals surface area contributed by atoms with Crippen LogP contribution in [0.5, 0.6) is 5.75 Å². The molecule has 0 fully saturated rings. The second-order valence-corrected chi connectivity index (χ2v) is 5.92. The van der Waals surface area contributed by atoms with E-state index in [1.807, 2.05) is 6.92 Å². The third-order valence-electron chi connectivity index (χ3n) is 3.88. The number of carbonyl (C=O) groups excluding carboxylic acids is 1. The van der Waals surface area contributed by atoms with Crippen molar-refractivity contribution in [3.05, 3.63) is 64.4 Å². The normalized spacial score (nSPS) is 10.4. The number of H-pyrrole nitrogens is 1. The van der Waals surface area contributed by atoms with Gasteiger partial charge in [-0.2, -0.15) is 0 Å². The zero-order valence-electron chi connectivity index (χ0n) is 15.6. The highest BCUT2D eigenvalue weighted by molar-refractivity contribution is 5.89. The molecule has 3 rings (SSSR count). The Morgan fingerprint density at radius 3 is 2.39 bits per heavy atom. The molecule has 0 saturated carbocycles. The van der Waals surface area contributed by atoms with E-state index in [1.54, 1.807) is 55.6 Å². The molecule has 0 spiro atoms. The Kier molecular flexibility index (Phi) is 6.01. The summed E-state index contributed by atoms with van der Waals surface area (Å²) in [6.45, 7) is 2.32. The van der Waals surface area contributed by atoms with Crippen LogP contribution >= 0.6 is 0 Å². The maximum Gasteiger partial charge on any atom is 0.338 e. The Balaban J connectivity index is 1.72. The first-order chi connectivity index (χ1) is 13.6. The molecular formula is C20H20N4O4. The first kappa shape index (κ1) is 19.1. The van der Waals surface area contributed by atoms with Gasteiger partial charge in [-0.15, -0.1) is 10.2 Å². The van der Waals surface area contributed by atoms with E-state index in [-0.39, 0.29) is 23.2 Å². The van der Waals surface area contributed by atoms with E-state index < -0.39 is 0 Å². The summed E-state index contributed by atoms with van der Waals surface area (Å²) >= 11 is 0. The average molecular weight is 380 g/mol. The van der Waals surface area contributed by atoms with Gasteiger partial charge in [0, 0.05) is 11.3 Å². The van der Waals surface area contributed by atoms with Gasteiger partial charge in [0.05, 0.1) is 19.3 Å².